The maximum absolute atomic E-state index is 14.2. The summed E-state index contributed by atoms with van der Waals surface area (Å²) in [6, 6.07) is 14.3. The van der Waals surface area contributed by atoms with Crippen LogP contribution in [0.1, 0.15) is 5.56 Å². The summed E-state index contributed by atoms with van der Waals surface area (Å²) in [5.74, 6) is -1.48. The molecular formula is C22H13Cl2F2N3O2S. The van der Waals surface area contributed by atoms with Gasteiger partial charge in [-0.15, -0.1) is 11.3 Å². The monoisotopic (exact) mass is 491 g/mol. The topological polar surface area (TPSA) is 60.4 Å². The highest BCUT2D eigenvalue weighted by Crippen LogP contribution is 2.27. The van der Waals surface area contributed by atoms with Crippen molar-refractivity contribution in [3.05, 3.63) is 108 Å². The molecule has 0 spiro atoms. The Morgan fingerprint density at radius 1 is 1.03 bits per heavy atom. The number of hydrogen-bond acceptors (Lipinski definition) is 4. The fourth-order valence-corrected chi connectivity index (χ4v) is 4.44. The normalized spacial score (nSPS) is 11.7. The van der Waals surface area contributed by atoms with E-state index in [1.165, 1.54) is 29.5 Å². The van der Waals surface area contributed by atoms with Crippen molar-refractivity contribution in [2.45, 2.75) is 6.54 Å². The number of benzene rings is 3. The number of non-ortho nitro benzene ring substituents is 1. The third-order valence-corrected chi connectivity index (χ3v) is 6.09. The Labute approximate surface area is 195 Å². The van der Waals surface area contributed by atoms with Crippen LogP contribution in [0.25, 0.3) is 11.3 Å². The number of aromatic nitrogens is 1. The lowest BCUT2D eigenvalue weighted by molar-refractivity contribution is -0.384. The van der Waals surface area contributed by atoms with E-state index in [-0.39, 0.29) is 17.9 Å². The molecule has 0 bridgehead atoms. The smallest absolute Gasteiger partial charge is 0.269 e. The Kier molecular flexibility index (Phi) is 6.36. The van der Waals surface area contributed by atoms with E-state index in [0.29, 0.717) is 26.1 Å². The molecule has 4 aromatic rings. The first-order valence-corrected chi connectivity index (χ1v) is 10.8. The zero-order valence-electron chi connectivity index (χ0n) is 16.1. The molecule has 0 N–H and O–H groups in total. The first-order valence-electron chi connectivity index (χ1n) is 9.18. The van der Waals surface area contributed by atoms with Gasteiger partial charge >= 0.3 is 0 Å². The molecule has 0 saturated carbocycles. The second-order valence-electron chi connectivity index (χ2n) is 6.74. The van der Waals surface area contributed by atoms with Crippen molar-refractivity contribution in [2.75, 3.05) is 0 Å². The van der Waals surface area contributed by atoms with Gasteiger partial charge in [-0.1, -0.05) is 29.3 Å². The van der Waals surface area contributed by atoms with Crippen molar-refractivity contribution in [2.24, 2.45) is 4.99 Å². The molecule has 1 heterocycles. The SMILES string of the molecule is O=[N+]([O-])c1ccc(-c2csc(=Nc3ccc(F)cc3F)n2Cc2ccc(Cl)cc2Cl)cc1. The summed E-state index contributed by atoms with van der Waals surface area (Å²) < 4.78 is 29.3. The van der Waals surface area contributed by atoms with Crippen LogP contribution in [-0.4, -0.2) is 9.49 Å². The van der Waals surface area contributed by atoms with E-state index in [9.17, 15) is 18.9 Å². The van der Waals surface area contributed by atoms with Crippen LogP contribution in [0.4, 0.5) is 20.2 Å². The largest absolute Gasteiger partial charge is 0.312 e. The summed E-state index contributed by atoms with van der Waals surface area (Å²) >= 11 is 13.6. The van der Waals surface area contributed by atoms with Gasteiger partial charge < -0.3 is 4.57 Å². The zero-order chi connectivity index (χ0) is 22.8. The second kappa shape index (κ2) is 9.20. The van der Waals surface area contributed by atoms with Crippen LogP contribution < -0.4 is 4.80 Å². The molecule has 0 amide bonds. The molecule has 162 valence electrons. The third kappa shape index (κ3) is 4.72. The van der Waals surface area contributed by atoms with E-state index in [2.05, 4.69) is 4.99 Å². The van der Waals surface area contributed by atoms with E-state index in [0.717, 1.165) is 17.7 Å². The Hall–Kier alpha value is -3.07. The van der Waals surface area contributed by atoms with Crippen molar-refractivity contribution in [3.8, 4) is 11.3 Å². The molecule has 0 aliphatic heterocycles. The molecule has 0 saturated heterocycles. The van der Waals surface area contributed by atoms with Crippen LogP contribution in [0.15, 0.2) is 71.0 Å². The van der Waals surface area contributed by atoms with Gasteiger partial charge in [-0.3, -0.25) is 10.1 Å². The quantitative estimate of drug-likeness (QED) is 0.223. The summed E-state index contributed by atoms with van der Waals surface area (Å²) in [6.07, 6.45) is 0. The summed E-state index contributed by atoms with van der Waals surface area (Å²) in [7, 11) is 0. The van der Waals surface area contributed by atoms with Crippen molar-refractivity contribution in [1.29, 1.82) is 0 Å². The van der Waals surface area contributed by atoms with Crippen molar-refractivity contribution in [3.63, 3.8) is 0 Å². The average Bonchev–Trinajstić information content (AvgIpc) is 3.14. The highest BCUT2D eigenvalue weighted by molar-refractivity contribution is 7.07. The minimum Gasteiger partial charge on any atom is -0.312 e. The predicted octanol–water partition coefficient (Wildman–Crippen LogP) is 6.99. The Balaban J connectivity index is 1.86. The summed E-state index contributed by atoms with van der Waals surface area (Å²) in [6.45, 7) is 0.285. The van der Waals surface area contributed by atoms with Crippen molar-refractivity contribution < 1.29 is 13.7 Å². The Morgan fingerprint density at radius 2 is 1.78 bits per heavy atom. The predicted molar refractivity (Wildman–Crippen MR) is 122 cm³/mol. The number of thiazole rings is 1. The minimum atomic E-state index is -0.786. The molecule has 0 fully saturated rings. The first-order chi connectivity index (χ1) is 15.3. The number of nitro groups is 1. The molecule has 0 aliphatic rings. The molecule has 3 aromatic carbocycles. The molecule has 5 nitrogen and oxygen atoms in total. The number of halogens is 4. The number of rotatable bonds is 5. The van der Waals surface area contributed by atoms with Crippen LogP contribution in [0.2, 0.25) is 10.0 Å². The summed E-state index contributed by atoms with van der Waals surface area (Å²) in [5.41, 5.74) is 2.11. The lowest BCUT2D eigenvalue weighted by Gasteiger charge is -2.11. The van der Waals surface area contributed by atoms with Gasteiger partial charge in [0.05, 0.1) is 17.2 Å². The molecule has 0 aliphatic carbocycles. The third-order valence-electron chi connectivity index (χ3n) is 4.64. The summed E-state index contributed by atoms with van der Waals surface area (Å²) in [5, 5.41) is 13.7. The van der Waals surface area contributed by atoms with E-state index in [1.54, 1.807) is 30.3 Å². The van der Waals surface area contributed by atoms with Crippen molar-refractivity contribution in [1.82, 2.24) is 4.57 Å². The van der Waals surface area contributed by atoms with Gasteiger partial charge in [-0.2, -0.15) is 0 Å². The van der Waals surface area contributed by atoms with Gasteiger partial charge in [0.25, 0.3) is 5.69 Å². The summed E-state index contributed by atoms with van der Waals surface area (Å²) in [4.78, 5) is 15.3. The maximum Gasteiger partial charge on any atom is 0.269 e. The maximum atomic E-state index is 14.2. The van der Waals surface area contributed by atoms with Gasteiger partial charge in [0.1, 0.15) is 11.5 Å². The van der Waals surface area contributed by atoms with Gasteiger partial charge in [0, 0.05) is 33.6 Å². The van der Waals surface area contributed by atoms with Crippen LogP contribution in [0.3, 0.4) is 0 Å². The number of hydrogen-bond donors (Lipinski definition) is 0. The average molecular weight is 492 g/mol. The Bertz CT molecular complexity index is 1380. The molecule has 32 heavy (non-hydrogen) atoms. The van der Waals surface area contributed by atoms with Crippen LogP contribution in [0, 0.1) is 21.7 Å². The highest BCUT2D eigenvalue weighted by Gasteiger charge is 2.13. The molecule has 4 rings (SSSR count). The lowest BCUT2D eigenvalue weighted by Crippen LogP contribution is -2.17. The number of nitro benzene ring substituents is 1. The van der Waals surface area contributed by atoms with Crippen LogP contribution >= 0.6 is 34.5 Å². The molecule has 0 unspecified atom stereocenters. The standard InChI is InChI=1S/C22H13Cl2F2N3O2S/c23-15-4-1-14(18(24)9-15)11-28-21(13-2-6-17(7-3-13)29(30)31)12-32-22(28)27-20-8-5-16(25)10-19(20)26/h1-10,12H,11H2. The van der Waals surface area contributed by atoms with E-state index >= 15 is 0 Å². The van der Waals surface area contributed by atoms with E-state index in [4.69, 9.17) is 23.2 Å². The fraction of sp³-hybridized carbons (Fsp3) is 0.0455. The first kappa shape index (κ1) is 22.1. The second-order valence-corrected chi connectivity index (χ2v) is 8.42. The van der Waals surface area contributed by atoms with Gasteiger partial charge in [0.15, 0.2) is 10.6 Å². The van der Waals surface area contributed by atoms with Gasteiger partial charge in [-0.05, 0) is 47.5 Å². The van der Waals surface area contributed by atoms with Crippen LogP contribution in [0.5, 0.6) is 0 Å². The molecule has 1 aromatic heterocycles. The number of nitrogens with zero attached hydrogens (tertiary/aromatic N) is 3. The minimum absolute atomic E-state index is 0.0144. The lowest BCUT2D eigenvalue weighted by atomic mass is 10.1. The van der Waals surface area contributed by atoms with Gasteiger partial charge in [-0.25, -0.2) is 13.8 Å². The highest BCUT2D eigenvalue weighted by atomic mass is 35.5. The zero-order valence-corrected chi connectivity index (χ0v) is 18.5. The van der Waals surface area contributed by atoms with E-state index in [1.807, 2.05) is 9.95 Å². The van der Waals surface area contributed by atoms with Crippen LogP contribution in [-0.2, 0) is 6.54 Å². The molecular weight excluding hydrogens is 479 g/mol. The molecule has 0 atom stereocenters. The Morgan fingerprint density at radius 3 is 2.44 bits per heavy atom. The van der Waals surface area contributed by atoms with Gasteiger partial charge in [0.2, 0.25) is 0 Å². The molecule has 10 heteroatoms. The molecule has 0 radical (unpaired) electrons. The van der Waals surface area contributed by atoms with Crippen molar-refractivity contribution >= 4 is 45.9 Å². The fourth-order valence-electron chi connectivity index (χ4n) is 3.05. The van der Waals surface area contributed by atoms with E-state index < -0.39 is 16.6 Å².